The van der Waals surface area contributed by atoms with Crippen molar-refractivity contribution in [1.29, 1.82) is 0 Å². The molecule has 0 aliphatic carbocycles. The van der Waals surface area contributed by atoms with Crippen LogP contribution in [-0.4, -0.2) is 66.2 Å². The van der Waals surface area contributed by atoms with Crippen LogP contribution >= 0.6 is 22.9 Å². The fourth-order valence-corrected chi connectivity index (χ4v) is 7.96. The first-order chi connectivity index (χ1) is 24.3. The summed E-state index contributed by atoms with van der Waals surface area (Å²) in [5.74, 6) is 0.667. The van der Waals surface area contributed by atoms with Crippen LogP contribution in [0.4, 0.5) is 0 Å². The highest BCUT2D eigenvalue weighted by Crippen LogP contribution is 2.42. The predicted octanol–water partition coefficient (Wildman–Crippen LogP) is 6.82. The van der Waals surface area contributed by atoms with E-state index in [1.54, 1.807) is 23.7 Å². The highest BCUT2D eigenvalue weighted by molar-refractivity contribution is 7.15. The van der Waals surface area contributed by atoms with Crippen LogP contribution in [-0.2, 0) is 22.6 Å². The van der Waals surface area contributed by atoms with Crippen molar-refractivity contribution in [2.45, 2.75) is 52.1 Å². The van der Waals surface area contributed by atoms with Gasteiger partial charge in [0.05, 0.1) is 12.3 Å². The molecule has 50 heavy (non-hydrogen) atoms. The summed E-state index contributed by atoms with van der Waals surface area (Å²) in [5.41, 5.74) is 6.60. The molecular formula is C37H34ClN7O4S. The first-order valence-corrected chi connectivity index (χ1v) is 17.6. The molecule has 7 rings (SSSR count). The Hall–Kier alpha value is -5.20. The molecule has 5 heterocycles. The lowest BCUT2D eigenvalue weighted by Crippen LogP contribution is -2.35. The number of fused-ring (bicyclic) bond motifs is 5. The summed E-state index contributed by atoms with van der Waals surface area (Å²) in [4.78, 5) is 42.7. The maximum Gasteiger partial charge on any atom is 0.303 e. The van der Waals surface area contributed by atoms with E-state index < -0.39 is 5.97 Å². The van der Waals surface area contributed by atoms with Crippen LogP contribution in [0, 0.1) is 6.92 Å². The third-order valence-electron chi connectivity index (χ3n) is 8.81. The summed E-state index contributed by atoms with van der Waals surface area (Å²) in [6.45, 7) is 5.28. The van der Waals surface area contributed by atoms with Crippen molar-refractivity contribution in [2.24, 2.45) is 10.1 Å². The Morgan fingerprint density at radius 2 is 1.84 bits per heavy atom. The molecule has 11 nitrogen and oxygen atoms in total. The average molecular weight is 708 g/mol. The first-order valence-electron chi connectivity index (χ1n) is 16.4. The van der Waals surface area contributed by atoms with Gasteiger partial charge < -0.3 is 14.8 Å². The zero-order chi connectivity index (χ0) is 34.8. The third kappa shape index (κ3) is 6.56. The molecule has 2 aliphatic rings. The number of thiophene rings is 1. The predicted molar refractivity (Wildman–Crippen MR) is 192 cm³/mol. The van der Waals surface area contributed by atoms with Gasteiger partial charge in [0.1, 0.15) is 29.2 Å². The molecule has 0 bridgehead atoms. The number of nitrogens with zero attached hydrogens (tertiary/aromatic N) is 7. The monoisotopic (exact) mass is 707 g/mol. The molecule has 254 valence electrons. The summed E-state index contributed by atoms with van der Waals surface area (Å²) >= 11 is 8.40. The van der Waals surface area contributed by atoms with Gasteiger partial charge in [-0.1, -0.05) is 47.1 Å². The first kappa shape index (κ1) is 33.3. The Morgan fingerprint density at radius 3 is 2.60 bits per heavy atom. The van der Waals surface area contributed by atoms with Gasteiger partial charge in [-0.3, -0.25) is 24.1 Å². The van der Waals surface area contributed by atoms with Crippen molar-refractivity contribution in [3.63, 3.8) is 0 Å². The molecule has 1 unspecified atom stereocenters. The molecule has 1 atom stereocenters. The van der Waals surface area contributed by atoms with E-state index in [0.29, 0.717) is 55.3 Å². The Labute approximate surface area is 297 Å². The van der Waals surface area contributed by atoms with Gasteiger partial charge in [-0.2, -0.15) is 0 Å². The van der Waals surface area contributed by atoms with Crippen molar-refractivity contribution in [2.75, 3.05) is 13.2 Å². The minimum absolute atomic E-state index is 0.0601. The zero-order valence-electron chi connectivity index (χ0n) is 27.5. The Bertz CT molecular complexity index is 2130. The number of carboxylic acids is 1. The normalized spacial score (nSPS) is 15.4. The number of carbonyl (C=O) groups is 2. The van der Waals surface area contributed by atoms with Gasteiger partial charge >= 0.3 is 5.97 Å². The van der Waals surface area contributed by atoms with E-state index in [0.717, 1.165) is 49.5 Å². The number of aryl methyl sites for hydroxylation is 1. The lowest BCUT2D eigenvalue weighted by molar-refractivity contribution is -0.137. The van der Waals surface area contributed by atoms with Gasteiger partial charge in [-0.05, 0) is 69.0 Å². The number of halogens is 1. The van der Waals surface area contributed by atoms with Crippen LogP contribution in [0.3, 0.4) is 0 Å². The van der Waals surface area contributed by atoms with Crippen molar-refractivity contribution in [3.05, 3.63) is 128 Å². The molecule has 0 saturated carbocycles. The summed E-state index contributed by atoms with van der Waals surface area (Å²) in [6, 6.07) is 18.6. The molecule has 0 fully saturated rings. The summed E-state index contributed by atoms with van der Waals surface area (Å²) < 4.78 is 2.10. The van der Waals surface area contributed by atoms with Crippen LogP contribution in [0.5, 0.6) is 0 Å². The second kappa shape index (κ2) is 14.3. The second-order valence-corrected chi connectivity index (χ2v) is 13.7. The Morgan fingerprint density at radius 1 is 1.04 bits per heavy atom. The lowest BCUT2D eigenvalue weighted by atomic mass is 9.95. The number of unbranched alkanes of at least 4 members (excludes halogenated alkanes) is 1. The van der Waals surface area contributed by atoms with Gasteiger partial charge in [0, 0.05) is 63.1 Å². The molecule has 1 amide bonds. The van der Waals surface area contributed by atoms with Crippen LogP contribution in [0.2, 0.25) is 5.02 Å². The number of carbonyl (C=O) groups excluding carboxylic acids is 1. The molecule has 0 radical (unpaired) electrons. The number of hydrogen-bond acceptors (Lipinski definition) is 9. The topological polar surface area (TPSA) is 135 Å². The SMILES string of the molecule is Cc1nnc2n1-c1sc3c(c1C(c1ccccc1Cl)=NC2C)CCN(C(=O)c1ccc(/C(=N\OCCCCC(=O)O)c2cccnc2)cc1)C3. The third-order valence-corrected chi connectivity index (χ3v) is 10.3. The number of aliphatic imine (C=N–C) groups is 1. The van der Waals surface area contributed by atoms with Gasteiger partial charge in [-0.25, -0.2) is 0 Å². The van der Waals surface area contributed by atoms with Gasteiger partial charge in [0.2, 0.25) is 0 Å². The van der Waals surface area contributed by atoms with Crippen molar-refractivity contribution in [1.82, 2.24) is 24.6 Å². The number of amides is 1. The highest BCUT2D eigenvalue weighted by atomic mass is 35.5. The number of pyridine rings is 1. The minimum atomic E-state index is -0.832. The zero-order valence-corrected chi connectivity index (χ0v) is 29.1. The lowest BCUT2D eigenvalue weighted by Gasteiger charge is -2.28. The maximum absolute atomic E-state index is 13.9. The molecule has 0 spiro atoms. The van der Waals surface area contributed by atoms with Crippen LogP contribution in [0.15, 0.2) is 83.2 Å². The van der Waals surface area contributed by atoms with Crippen LogP contribution in [0.1, 0.15) is 86.9 Å². The summed E-state index contributed by atoms with van der Waals surface area (Å²) in [5, 5.41) is 23.7. The highest BCUT2D eigenvalue weighted by Gasteiger charge is 2.35. The van der Waals surface area contributed by atoms with E-state index in [4.69, 9.17) is 26.5 Å². The molecule has 2 aliphatic heterocycles. The molecule has 13 heteroatoms. The van der Waals surface area contributed by atoms with E-state index in [9.17, 15) is 9.59 Å². The summed E-state index contributed by atoms with van der Waals surface area (Å²) in [7, 11) is 0. The quantitative estimate of drug-likeness (QED) is 0.0956. The molecule has 1 N–H and O–H groups in total. The standard InChI is InChI=1S/C37H34ClN7O4S/c1-22-35-42-41-23(2)45(35)37-32(34(40-22)27-9-3-4-10-29(27)38)28-16-18-44(21-30(28)50-37)36(48)25-14-12-24(13-15-25)33(26-8-7-17-39-20-26)43-49-19-6-5-11-31(46)47/h3-4,7-10,12-15,17,20,22H,5-6,11,16,18-19,21H2,1-2H3,(H,46,47)/b43-33+. The second-order valence-electron chi connectivity index (χ2n) is 12.2. The number of oxime groups is 1. The number of hydrogen-bond donors (Lipinski definition) is 1. The van der Waals surface area contributed by atoms with Crippen LogP contribution in [0.25, 0.3) is 5.00 Å². The average Bonchev–Trinajstić information content (AvgIpc) is 3.67. The molecule has 3 aromatic heterocycles. The number of aliphatic carboxylic acids is 1. The molecule has 5 aromatic rings. The van der Waals surface area contributed by atoms with E-state index in [1.165, 1.54) is 5.56 Å². The molecule has 0 saturated heterocycles. The van der Waals surface area contributed by atoms with Crippen molar-refractivity contribution in [3.8, 4) is 5.00 Å². The number of aromatic nitrogens is 4. The Kier molecular flexibility index (Phi) is 9.55. The number of carboxylic acid groups (broad SMARTS) is 1. The Balaban J connectivity index is 1.15. The van der Waals surface area contributed by atoms with Crippen LogP contribution < -0.4 is 0 Å². The maximum atomic E-state index is 13.9. The van der Waals surface area contributed by atoms with Crippen molar-refractivity contribution >= 4 is 46.2 Å². The van der Waals surface area contributed by atoms with E-state index >= 15 is 0 Å². The van der Waals surface area contributed by atoms with Gasteiger partial charge in [-0.15, -0.1) is 21.5 Å². The fourth-order valence-electron chi connectivity index (χ4n) is 6.32. The summed E-state index contributed by atoms with van der Waals surface area (Å²) in [6.07, 6.45) is 5.22. The fraction of sp³-hybridized carbons (Fsp3) is 0.270. The minimum Gasteiger partial charge on any atom is -0.481 e. The molecular weight excluding hydrogens is 674 g/mol. The van der Waals surface area contributed by atoms with E-state index in [2.05, 4.69) is 24.9 Å². The number of rotatable bonds is 10. The number of benzene rings is 2. The van der Waals surface area contributed by atoms with Crippen molar-refractivity contribution < 1.29 is 19.5 Å². The van der Waals surface area contributed by atoms with Gasteiger partial charge in [0.15, 0.2) is 5.82 Å². The van der Waals surface area contributed by atoms with E-state index in [-0.39, 0.29) is 18.4 Å². The van der Waals surface area contributed by atoms with Gasteiger partial charge in [0.25, 0.3) is 5.91 Å². The largest absolute Gasteiger partial charge is 0.481 e. The van der Waals surface area contributed by atoms with E-state index in [1.807, 2.05) is 79.4 Å². The smallest absolute Gasteiger partial charge is 0.303 e. The molecule has 2 aromatic carbocycles.